The highest BCUT2D eigenvalue weighted by molar-refractivity contribution is 5.94. The number of carbonyl (C=O) groups is 3. The Hall–Kier alpha value is -3.16. The van der Waals surface area contributed by atoms with Crippen molar-refractivity contribution >= 4 is 18.3 Å². The van der Waals surface area contributed by atoms with Gasteiger partial charge in [0.2, 0.25) is 11.8 Å². The molecule has 1 aromatic carbocycles. The highest BCUT2D eigenvalue weighted by Gasteiger charge is 2.38. The summed E-state index contributed by atoms with van der Waals surface area (Å²) in [6.45, 7) is 4.17. The van der Waals surface area contributed by atoms with E-state index in [2.05, 4.69) is 5.16 Å². The molecule has 2 heterocycles. The van der Waals surface area contributed by atoms with Crippen molar-refractivity contribution in [3.63, 3.8) is 0 Å². The largest absolute Gasteiger partial charge is 0.483 e. The highest BCUT2D eigenvalue weighted by atomic mass is 16.5. The monoisotopic (exact) mass is 387 g/mol. The van der Waals surface area contributed by atoms with Gasteiger partial charge in [-0.05, 0) is 5.56 Å². The molecule has 1 N–H and O–H groups in total. The molecule has 0 radical (unpaired) electrons. The maximum Gasteiger partial charge on any atom is 0.290 e. The van der Waals surface area contributed by atoms with Crippen LogP contribution in [-0.4, -0.2) is 58.0 Å². The van der Waals surface area contributed by atoms with Gasteiger partial charge in [-0.15, -0.1) is 0 Å². The average Bonchev–Trinajstić information content (AvgIpc) is 3.13. The summed E-state index contributed by atoms with van der Waals surface area (Å²) >= 11 is 0. The lowest BCUT2D eigenvalue weighted by Crippen LogP contribution is -2.59. The number of amides is 2. The van der Waals surface area contributed by atoms with Crippen LogP contribution in [0.3, 0.4) is 0 Å². The summed E-state index contributed by atoms with van der Waals surface area (Å²) < 4.78 is 5.32. The summed E-state index contributed by atoms with van der Waals surface area (Å²) in [7, 11) is 1.67. The van der Waals surface area contributed by atoms with Crippen LogP contribution >= 0.6 is 0 Å². The molecule has 8 heteroatoms. The van der Waals surface area contributed by atoms with Gasteiger partial charge in [0.25, 0.3) is 6.47 Å². The van der Waals surface area contributed by atoms with Gasteiger partial charge in [0.05, 0.1) is 13.1 Å². The van der Waals surface area contributed by atoms with Crippen molar-refractivity contribution in [3.05, 3.63) is 53.4 Å². The Labute approximate surface area is 163 Å². The van der Waals surface area contributed by atoms with Crippen molar-refractivity contribution in [3.8, 4) is 0 Å². The number of carboxylic acid groups (broad SMARTS) is 1. The second-order valence-electron chi connectivity index (χ2n) is 6.90. The van der Waals surface area contributed by atoms with Gasteiger partial charge in [-0.2, -0.15) is 0 Å². The second kappa shape index (κ2) is 9.68. The summed E-state index contributed by atoms with van der Waals surface area (Å²) in [5, 5.41) is 10.9. The number of hydrogen-bond donors (Lipinski definition) is 1. The number of nitrogens with zero attached hydrogens (tertiary/aromatic N) is 3. The first-order chi connectivity index (χ1) is 13.4. The summed E-state index contributed by atoms with van der Waals surface area (Å²) in [5.41, 5.74) is 1.70. The van der Waals surface area contributed by atoms with Gasteiger partial charge in [-0.3, -0.25) is 14.4 Å². The van der Waals surface area contributed by atoms with E-state index in [-0.39, 0.29) is 37.3 Å². The number of rotatable bonds is 5. The molecule has 0 aliphatic carbocycles. The van der Waals surface area contributed by atoms with Crippen LogP contribution in [0, 0.1) is 0 Å². The van der Waals surface area contributed by atoms with Gasteiger partial charge in [0.15, 0.2) is 0 Å². The van der Waals surface area contributed by atoms with Gasteiger partial charge in [-0.1, -0.05) is 49.3 Å². The van der Waals surface area contributed by atoms with Crippen molar-refractivity contribution in [2.45, 2.75) is 38.8 Å². The topological polar surface area (TPSA) is 104 Å². The molecule has 8 nitrogen and oxygen atoms in total. The lowest BCUT2D eigenvalue weighted by Gasteiger charge is -2.38. The predicted octanol–water partition coefficient (Wildman–Crippen LogP) is 1.91. The van der Waals surface area contributed by atoms with Crippen molar-refractivity contribution in [2.24, 2.45) is 0 Å². The predicted molar refractivity (Wildman–Crippen MR) is 101 cm³/mol. The minimum atomic E-state index is -0.521. The SMILES string of the molecule is CC(C)c1cc(CN2C(=O)CN(C)C(=O)[C@H]2Cc2ccccc2)no1.O=CO. The molecular weight excluding hydrogens is 362 g/mol. The van der Waals surface area contributed by atoms with Crippen molar-refractivity contribution < 1.29 is 24.0 Å². The van der Waals surface area contributed by atoms with E-state index in [1.54, 1.807) is 11.9 Å². The quantitative estimate of drug-likeness (QED) is 0.786. The molecule has 1 fully saturated rings. The standard InChI is InChI=1S/C19H23N3O3.CH2O2/c1-13(2)17-10-15(20-25-17)11-22-16(9-14-7-5-4-6-8-14)19(24)21(3)12-18(22)23;2-1-3/h4-8,10,13,16H,9,11-12H2,1-3H3;1H,(H,2,3)/t16-;/m1./s1. The van der Waals surface area contributed by atoms with E-state index in [1.165, 1.54) is 4.90 Å². The van der Waals surface area contributed by atoms with E-state index in [9.17, 15) is 9.59 Å². The Balaban J connectivity index is 0.000000878. The molecule has 28 heavy (non-hydrogen) atoms. The number of hydrogen-bond acceptors (Lipinski definition) is 5. The Bertz CT molecular complexity index is 803. The molecule has 1 aliphatic rings. The smallest absolute Gasteiger partial charge is 0.290 e. The van der Waals surface area contributed by atoms with Gasteiger partial charge in [0, 0.05) is 25.5 Å². The van der Waals surface area contributed by atoms with Gasteiger partial charge >= 0.3 is 0 Å². The number of likely N-dealkylation sites (N-methyl/N-ethyl adjacent to an activating group) is 1. The third kappa shape index (κ3) is 5.18. The average molecular weight is 387 g/mol. The van der Waals surface area contributed by atoms with Gasteiger partial charge < -0.3 is 19.4 Å². The molecule has 1 aliphatic heterocycles. The Morgan fingerprint density at radius 2 is 1.93 bits per heavy atom. The van der Waals surface area contributed by atoms with Crippen LogP contribution in [0.5, 0.6) is 0 Å². The molecule has 0 saturated carbocycles. The van der Waals surface area contributed by atoms with E-state index in [0.717, 1.165) is 11.3 Å². The van der Waals surface area contributed by atoms with Crippen LogP contribution in [0.25, 0.3) is 0 Å². The number of carbonyl (C=O) groups excluding carboxylic acids is 2. The summed E-state index contributed by atoms with van der Waals surface area (Å²) in [5.74, 6) is 0.891. The van der Waals surface area contributed by atoms with E-state index in [0.29, 0.717) is 12.1 Å². The third-order valence-corrected chi connectivity index (χ3v) is 4.48. The zero-order chi connectivity index (χ0) is 20.7. The lowest BCUT2D eigenvalue weighted by molar-refractivity contribution is -0.155. The van der Waals surface area contributed by atoms with Crippen LogP contribution in [0.1, 0.15) is 36.8 Å². The summed E-state index contributed by atoms with van der Waals surface area (Å²) in [6, 6.07) is 11.1. The molecule has 0 spiro atoms. The number of benzene rings is 1. The molecule has 3 rings (SSSR count). The maximum atomic E-state index is 12.7. The molecule has 0 bridgehead atoms. The number of aromatic nitrogens is 1. The molecule has 2 amide bonds. The second-order valence-corrected chi connectivity index (χ2v) is 6.90. The van der Waals surface area contributed by atoms with Gasteiger partial charge in [0.1, 0.15) is 17.5 Å². The Morgan fingerprint density at radius 1 is 1.29 bits per heavy atom. The molecule has 1 atom stereocenters. The van der Waals surface area contributed by atoms with Crippen molar-refractivity contribution in [1.29, 1.82) is 0 Å². The molecule has 0 unspecified atom stereocenters. The molecule has 1 saturated heterocycles. The fraction of sp³-hybridized carbons (Fsp3) is 0.400. The van der Waals surface area contributed by atoms with Crippen LogP contribution in [0.2, 0.25) is 0 Å². The lowest BCUT2D eigenvalue weighted by atomic mass is 10.0. The molecule has 150 valence electrons. The normalized spacial score (nSPS) is 16.8. The zero-order valence-corrected chi connectivity index (χ0v) is 16.2. The summed E-state index contributed by atoms with van der Waals surface area (Å²) in [6.07, 6.45) is 0.491. The first kappa shape index (κ1) is 21.1. The first-order valence-electron chi connectivity index (χ1n) is 8.99. The molecule has 2 aromatic rings. The Kier molecular flexibility index (Phi) is 7.31. The van der Waals surface area contributed by atoms with Crippen LogP contribution in [0.15, 0.2) is 40.9 Å². The van der Waals surface area contributed by atoms with Crippen molar-refractivity contribution in [1.82, 2.24) is 15.0 Å². The van der Waals surface area contributed by atoms with Crippen LogP contribution < -0.4 is 0 Å². The van der Waals surface area contributed by atoms with E-state index in [4.69, 9.17) is 14.4 Å². The molecule has 1 aromatic heterocycles. The van der Waals surface area contributed by atoms with Crippen molar-refractivity contribution in [2.75, 3.05) is 13.6 Å². The maximum absolute atomic E-state index is 12.7. The number of piperazine rings is 1. The van der Waals surface area contributed by atoms with Crippen LogP contribution in [-0.2, 0) is 27.3 Å². The zero-order valence-electron chi connectivity index (χ0n) is 16.2. The highest BCUT2D eigenvalue weighted by Crippen LogP contribution is 2.21. The molecular formula is C20H25N3O5. The Morgan fingerprint density at radius 3 is 2.50 bits per heavy atom. The van der Waals surface area contributed by atoms with E-state index in [1.807, 2.05) is 50.2 Å². The summed E-state index contributed by atoms with van der Waals surface area (Å²) in [4.78, 5) is 36.7. The minimum Gasteiger partial charge on any atom is -0.483 e. The minimum absolute atomic E-state index is 0.0453. The first-order valence-corrected chi connectivity index (χ1v) is 8.99. The fourth-order valence-electron chi connectivity index (χ4n) is 3.02. The van der Waals surface area contributed by atoms with Gasteiger partial charge in [-0.25, -0.2) is 0 Å². The third-order valence-electron chi connectivity index (χ3n) is 4.48. The fourth-order valence-corrected chi connectivity index (χ4v) is 3.02. The van der Waals surface area contributed by atoms with Crippen LogP contribution in [0.4, 0.5) is 0 Å². The van der Waals surface area contributed by atoms with E-state index >= 15 is 0 Å². The van der Waals surface area contributed by atoms with E-state index < -0.39 is 6.04 Å².